The summed E-state index contributed by atoms with van der Waals surface area (Å²) in [6.07, 6.45) is -17.9. The van der Waals surface area contributed by atoms with Crippen LogP contribution in [0.3, 0.4) is 0 Å². The molecule has 23 nitrogen and oxygen atoms in total. The van der Waals surface area contributed by atoms with Gasteiger partial charge in [-0.25, -0.2) is 0 Å². The highest BCUT2D eigenvalue weighted by Gasteiger charge is 2.61. The summed E-state index contributed by atoms with van der Waals surface area (Å²) in [5.41, 5.74) is 1.42. The minimum absolute atomic E-state index is 0.0255. The van der Waals surface area contributed by atoms with Crippen molar-refractivity contribution in [2.24, 2.45) is 34.5 Å². The number of fused-ring (bicyclic) bond motifs is 5. The highest BCUT2D eigenvalue weighted by atomic mass is 16.8. The molecular formula is C54H90O23. The molecule has 4 aliphatic carbocycles. The Hall–Kier alpha value is -1.18. The molecule has 5 heterocycles. The lowest BCUT2D eigenvalue weighted by Crippen LogP contribution is -2.65. The van der Waals surface area contributed by atoms with Gasteiger partial charge in [0.15, 0.2) is 31.5 Å². The van der Waals surface area contributed by atoms with Crippen LogP contribution in [0.4, 0.5) is 0 Å². The van der Waals surface area contributed by atoms with Crippen LogP contribution in [0.5, 0.6) is 0 Å². The second-order valence-corrected chi connectivity index (χ2v) is 24.1. The van der Waals surface area contributed by atoms with E-state index in [1.807, 2.05) is 13.8 Å². The van der Waals surface area contributed by atoms with Gasteiger partial charge in [-0.05, 0) is 114 Å². The quantitative estimate of drug-likeness (QED) is 0.0872. The van der Waals surface area contributed by atoms with Crippen LogP contribution in [0.2, 0.25) is 0 Å². The van der Waals surface area contributed by atoms with E-state index in [1.165, 1.54) is 19.8 Å². The van der Waals surface area contributed by atoms with Gasteiger partial charge < -0.3 is 113 Å². The summed E-state index contributed by atoms with van der Waals surface area (Å²) in [4.78, 5) is 0. The summed E-state index contributed by atoms with van der Waals surface area (Å²) in [5, 5.41) is 107. The first-order valence-electron chi connectivity index (χ1n) is 28.1. The van der Waals surface area contributed by atoms with Gasteiger partial charge in [0.05, 0.1) is 49.8 Å². The summed E-state index contributed by atoms with van der Waals surface area (Å²) >= 11 is 0. The Morgan fingerprint density at radius 1 is 0.584 bits per heavy atom. The second-order valence-electron chi connectivity index (χ2n) is 24.1. The Balaban J connectivity index is 0.819. The molecule has 0 amide bonds. The monoisotopic (exact) mass is 1110 g/mol. The van der Waals surface area contributed by atoms with Gasteiger partial charge in [0.2, 0.25) is 0 Å². The lowest BCUT2D eigenvalue weighted by molar-refractivity contribution is -0.376. The van der Waals surface area contributed by atoms with Crippen LogP contribution in [0.1, 0.15) is 99.3 Å². The molecule has 9 aliphatic rings. The zero-order chi connectivity index (χ0) is 55.6. The smallest absolute Gasteiger partial charge is 0.187 e. The summed E-state index contributed by atoms with van der Waals surface area (Å²) in [7, 11) is 4.47. The van der Waals surface area contributed by atoms with Gasteiger partial charge in [-0.3, -0.25) is 0 Å². The highest BCUT2D eigenvalue weighted by Crippen LogP contribution is 2.67. The van der Waals surface area contributed by atoms with Crippen molar-refractivity contribution in [2.75, 3.05) is 34.5 Å². The molecule has 5 saturated heterocycles. The van der Waals surface area contributed by atoms with E-state index in [4.69, 9.17) is 61.6 Å². The molecule has 77 heavy (non-hydrogen) atoms. The fourth-order valence-electron chi connectivity index (χ4n) is 15.4. The Kier molecular flexibility index (Phi) is 19.3. The number of hydrogen-bond acceptors (Lipinski definition) is 23. The third-order valence-corrected chi connectivity index (χ3v) is 19.9. The summed E-state index contributed by atoms with van der Waals surface area (Å²) in [5.74, 6) is 1.57. The van der Waals surface area contributed by atoms with Crippen molar-refractivity contribution in [3.63, 3.8) is 0 Å². The van der Waals surface area contributed by atoms with E-state index in [1.54, 1.807) is 21.0 Å². The zero-order valence-corrected chi connectivity index (χ0v) is 46.0. The molecule has 0 aromatic carbocycles. The van der Waals surface area contributed by atoms with Gasteiger partial charge in [-0.1, -0.05) is 25.5 Å². The van der Waals surface area contributed by atoms with Crippen LogP contribution in [0.15, 0.2) is 11.6 Å². The van der Waals surface area contributed by atoms with Crippen LogP contribution in [-0.4, -0.2) is 245 Å². The minimum atomic E-state index is -1.81. The number of ether oxygens (including phenoxy) is 13. The van der Waals surface area contributed by atoms with Crippen LogP contribution >= 0.6 is 0 Å². The molecule has 0 aromatic heterocycles. The SMILES string of the molecule is CO[C@H]1[C@@H](O)[C@@H](C)O[C@@H](O[C@H]2[C@@H](OC)C[C@H](O[C@H]3CC[C@@]4(C)C(=CC[C@H]5[C@@H]6CC[C@H]([C@H](C)O[C@@H]7O[C@H](C)[C@H](O)[C@H](OC)[C@H]7O[C@@H]7O[C@H](CO[C@@H]8O[C@H](CO)[C@@H](O)[C@H](O)[C@H]8O)[C@@H](O)[C@H](O)[C@H]7O)[C@@]6(C)CC[C@@H]54)C3)O[C@@H]2C)[C@@H]1O. The maximum atomic E-state index is 11.3. The molecule has 32 atom stereocenters. The van der Waals surface area contributed by atoms with Crippen molar-refractivity contribution in [3.8, 4) is 0 Å². The fourth-order valence-corrected chi connectivity index (χ4v) is 15.4. The van der Waals surface area contributed by atoms with Crippen LogP contribution < -0.4 is 0 Å². The maximum absolute atomic E-state index is 11.3. The van der Waals surface area contributed by atoms with Gasteiger partial charge in [-0.2, -0.15) is 0 Å². The molecule has 0 aromatic rings. The Labute approximate surface area is 451 Å². The van der Waals surface area contributed by atoms with E-state index in [9.17, 15) is 51.1 Å². The Bertz CT molecular complexity index is 1950. The third kappa shape index (κ3) is 11.5. The lowest BCUT2D eigenvalue weighted by atomic mass is 9.47. The molecule has 0 radical (unpaired) electrons. The molecule has 10 N–H and O–H groups in total. The molecule has 3 saturated carbocycles. The van der Waals surface area contributed by atoms with E-state index in [2.05, 4.69) is 19.9 Å². The van der Waals surface area contributed by atoms with Crippen molar-refractivity contribution in [1.82, 2.24) is 0 Å². The Morgan fingerprint density at radius 3 is 1.88 bits per heavy atom. The number of allylic oxidation sites excluding steroid dienone is 1. The van der Waals surface area contributed by atoms with Crippen LogP contribution in [0.25, 0.3) is 0 Å². The molecule has 0 spiro atoms. The van der Waals surface area contributed by atoms with E-state index in [0.717, 1.165) is 51.4 Å². The molecular weight excluding hydrogens is 1020 g/mol. The van der Waals surface area contributed by atoms with Gasteiger partial charge in [0, 0.05) is 27.8 Å². The predicted octanol–water partition coefficient (Wildman–Crippen LogP) is -0.498. The predicted molar refractivity (Wildman–Crippen MR) is 265 cm³/mol. The van der Waals surface area contributed by atoms with Crippen LogP contribution in [0, 0.1) is 34.5 Å². The molecule has 5 aliphatic heterocycles. The largest absolute Gasteiger partial charge is 0.394 e. The lowest BCUT2D eigenvalue weighted by Gasteiger charge is -2.58. The summed E-state index contributed by atoms with van der Waals surface area (Å²) in [6, 6.07) is 0. The number of aliphatic hydroxyl groups is 10. The van der Waals surface area contributed by atoms with Crippen molar-refractivity contribution >= 4 is 0 Å². The van der Waals surface area contributed by atoms with Gasteiger partial charge >= 0.3 is 0 Å². The van der Waals surface area contributed by atoms with Gasteiger partial charge in [0.1, 0.15) is 91.6 Å². The number of methoxy groups -OCH3 is 3. The average molecular weight is 1110 g/mol. The Morgan fingerprint density at radius 2 is 1.21 bits per heavy atom. The van der Waals surface area contributed by atoms with Crippen molar-refractivity contribution in [1.29, 1.82) is 0 Å². The molecule has 23 heteroatoms. The molecule has 0 unspecified atom stereocenters. The number of rotatable bonds is 16. The van der Waals surface area contributed by atoms with Crippen molar-refractivity contribution in [3.05, 3.63) is 11.6 Å². The van der Waals surface area contributed by atoms with Gasteiger partial charge in [0.25, 0.3) is 0 Å². The van der Waals surface area contributed by atoms with Crippen molar-refractivity contribution < 1.29 is 113 Å². The minimum Gasteiger partial charge on any atom is -0.394 e. The normalized spacial score (nSPS) is 53.7. The van der Waals surface area contributed by atoms with Gasteiger partial charge in [-0.15, -0.1) is 0 Å². The highest BCUT2D eigenvalue weighted by molar-refractivity contribution is 5.25. The maximum Gasteiger partial charge on any atom is 0.187 e. The third-order valence-electron chi connectivity index (χ3n) is 19.9. The molecule has 0 bridgehead atoms. The molecule has 9 rings (SSSR count). The standard InChI is InChI=1S/C54H90O23/c1-22(70-52-48(47(67-9)37(57)24(3)72-52)77-50-43(63)41(61)39(59)34(75-50)21-68-49-42(62)40(60)38(58)33(20-55)74-49)29-12-13-30-28-11-10-26-18-27(14-16-53(26,5)31(28)15-17-54(29,30)6)73-35-19-32(65-7)45(25(4)69-35)76-51-44(64)46(66-8)36(56)23(2)71-51/h10,22-25,27-52,55-64H,11-21H2,1-9H3/t22-,23+,24+,25+,27-,28-,29+,30-,31-,32-,33+,34+,35-,36-,37-,38+,39+,40-,41-,42+,43+,44+,45+,46-,47-,48+,49+,50-,51-,52+,53-,54+/m0/s1. The number of aliphatic hydroxyl groups excluding tert-OH is 10. The van der Waals surface area contributed by atoms with E-state index < -0.39 is 161 Å². The van der Waals surface area contributed by atoms with Crippen LogP contribution in [-0.2, 0) is 61.6 Å². The van der Waals surface area contributed by atoms with E-state index >= 15 is 0 Å². The second kappa shape index (κ2) is 24.6. The first-order chi connectivity index (χ1) is 36.6. The summed E-state index contributed by atoms with van der Waals surface area (Å²) < 4.78 is 79.1. The number of hydrogen-bond donors (Lipinski definition) is 10. The van der Waals surface area contributed by atoms with Crippen molar-refractivity contribution in [2.45, 2.75) is 259 Å². The molecule has 8 fully saturated rings. The zero-order valence-electron chi connectivity index (χ0n) is 46.0. The first kappa shape index (κ1) is 60.4. The average Bonchev–Trinajstić information content (AvgIpc) is 3.81. The van der Waals surface area contributed by atoms with E-state index in [0.29, 0.717) is 24.2 Å². The first-order valence-corrected chi connectivity index (χ1v) is 28.1. The van der Waals surface area contributed by atoms with E-state index in [-0.39, 0.29) is 29.0 Å². The topological polar surface area (TPSA) is 322 Å². The summed E-state index contributed by atoms with van der Waals surface area (Å²) in [6.45, 7) is 11.0. The fraction of sp³-hybridized carbons (Fsp3) is 0.963. The molecule has 444 valence electrons.